The molecule has 0 aromatic carbocycles. The monoisotopic (exact) mass is 364 g/mol. The predicted molar refractivity (Wildman–Crippen MR) is 98.4 cm³/mol. The SMILES string of the molecule is CC1=C(C)C(C)(C)CC(OC(=O)CCC(=O)OCC2CCCCC2)C1=O. The topological polar surface area (TPSA) is 69.7 Å². The summed E-state index contributed by atoms with van der Waals surface area (Å²) in [6, 6.07) is 0. The van der Waals surface area contributed by atoms with Crippen molar-refractivity contribution in [3.8, 4) is 0 Å². The molecule has 1 fully saturated rings. The summed E-state index contributed by atoms with van der Waals surface area (Å²) in [4.78, 5) is 36.3. The number of ketones is 1. The number of carbonyl (C=O) groups is 3. The van der Waals surface area contributed by atoms with Crippen molar-refractivity contribution < 1.29 is 23.9 Å². The van der Waals surface area contributed by atoms with Gasteiger partial charge in [-0.15, -0.1) is 0 Å². The third-order valence-corrected chi connectivity index (χ3v) is 5.95. The molecule has 0 bridgehead atoms. The smallest absolute Gasteiger partial charge is 0.307 e. The summed E-state index contributed by atoms with van der Waals surface area (Å²) in [7, 11) is 0. The lowest BCUT2D eigenvalue weighted by molar-refractivity contribution is -0.158. The van der Waals surface area contributed by atoms with Gasteiger partial charge in [-0.05, 0) is 43.6 Å². The second-order valence-electron chi connectivity index (χ2n) is 8.37. The fourth-order valence-electron chi connectivity index (χ4n) is 3.80. The number of hydrogen-bond donors (Lipinski definition) is 0. The van der Waals surface area contributed by atoms with E-state index in [9.17, 15) is 14.4 Å². The Labute approximate surface area is 156 Å². The summed E-state index contributed by atoms with van der Waals surface area (Å²) in [5, 5.41) is 0. The van der Waals surface area contributed by atoms with Crippen LogP contribution in [0.15, 0.2) is 11.1 Å². The Morgan fingerprint density at radius 2 is 1.65 bits per heavy atom. The van der Waals surface area contributed by atoms with Crippen molar-refractivity contribution in [1.29, 1.82) is 0 Å². The quantitative estimate of drug-likeness (QED) is 0.663. The minimum Gasteiger partial charge on any atom is -0.465 e. The van der Waals surface area contributed by atoms with Crippen molar-refractivity contribution in [3.05, 3.63) is 11.1 Å². The molecule has 1 unspecified atom stereocenters. The van der Waals surface area contributed by atoms with Crippen LogP contribution in [0, 0.1) is 11.3 Å². The lowest BCUT2D eigenvalue weighted by atomic mass is 9.72. The van der Waals surface area contributed by atoms with Crippen molar-refractivity contribution in [2.75, 3.05) is 6.61 Å². The molecule has 2 aliphatic rings. The van der Waals surface area contributed by atoms with Gasteiger partial charge in [-0.1, -0.05) is 38.7 Å². The Kier molecular flexibility index (Phi) is 7.01. The molecular weight excluding hydrogens is 332 g/mol. The first kappa shape index (κ1) is 20.7. The van der Waals surface area contributed by atoms with Crippen LogP contribution in [-0.4, -0.2) is 30.4 Å². The van der Waals surface area contributed by atoms with E-state index in [1.54, 1.807) is 6.92 Å². The number of rotatable bonds is 6. The van der Waals surface area contributed by atoms with E-state index in [1.807, 2.05) is 20.8 Å². The first-order valence-corrected chi connectivity index (χ1v) is 9.78. The molecule has 0 N–H and O–H groups in total. The number of carbonyl (C=O) groups excluding carboxylic acids is 3. The standard InChI is InChI=1S/C21H32O5/c1-14-15(2)21(3,4)12-17(20(14)24)26-19(23)11-10-18(22)25-13-16-8-6-5-7-9-16/h16-17H,5-13H2,1-4H3. The summed E-state index contributed by atoms with van der Waals surface area (Å²) in [5.74, 6) is -0.550. The van der Waals surface area contributed by atoms with Crippen LogP contribution in [0.1, 0.15) is 79.1 Å². The Morgan fingerprint density at radius 1 is 1.04 bits per heavy atom. The lowest BCUT2D eigenvalue weighted by Crippen LogP contribution is -2.38. The molecule has 0 spiro atoms. The highest BCUT2D eigenvalue weighted by Gasteiger charge is 2.38. The van der Waals surface area contributed by atoms with Crippen molar-refractivity contribution in [1.82, 2.24) is 0 Å². The fourth-order valence-corrected chi connectivity index (χ4v) is 3.80. The third-order valence-electron chi connectivity index (χ3n) is 5.95. The lowest BCUT2D eigenvalue weighted by Gasteiger charge is -2.36. The van der Waals surface area contributed by atoms with E-state index in [0.29, 0.717) is 24.5 Å². The van der Waals surface area contributed by atoms with E-state index in [4.69, 9.17) is 9.47 Å². The van der Waals surface area contributed by atoms with E-state index < -0.39 is 12.1 Å². The van der Waals surface area contributed by atoms with Gasteiger partial charge < -0.3 is 9.47 Å². The maximum atomic E-state index is 12.3. The second-order valence-corrected chi connectivity index (χ2v) is 8.37. The van der Waals surface area contributed by atoms with Crippen molar-refractivity contribution in [2.45, 2.75) is 85.2 Å². The van der Waals surface area contributed by atoms with Crippen LogP contribution in [0.5, 0.6) is 0 Å². The number of allylic oxidation sites excluding steroid dienone is 1. The molecule has 0 aromatic heterocycles. The van der Waals surface area contributed by atoms with E-state index in [0.717, 1.165) is 18.4 Å². The van der Waals surface area contributed by atoms with E-state index in [-0.39, 0.29) is 30.0 Å². The molecule has 1 saturated carbocycles. The van der Waals surface area contributed by atoms with Crippen LogP contribution in [0.25, 0.3) is 0 Å². The molecule has 0 amide bonds. The highest BCUT2D eigenvalue weighted by molar-refractivity contribution is 6.01. The minimum atomic E-state index is -0.751. The Morgan fingerprint density at radius 3 is 2.31 bits per heavy atom. The molecule has 0 radical (unpaired) electrons. The normalized spacial score (nSPS) is 23.7. The molecule has 0 aromatic rings. The molecule has 2 aliphatic carbocycles. The van der Waals surface area contributed by atoms with Gasteiger partial charge in [0.15, 0.2) is 11.9 Å². The highest BCUT2D eigenvalue weighted by Crippen LogP contribution is 2.39. The average molecular weight is 364 g/mol. The molecule has 5 nitrogen and oxygen atoms in total. The molecule has 146 valence electrons. The summed E-state index contributed by atoms with van der Waals surface area (Å²) < 4.78 is 10.7. The maximum absolute atomic E-state index is 12.3. The fraction of sp³-hybridized carbons (Fsp3) is 0.762. The molecular formula is C21H32O5. The zero-order chi connectivity index (χ0) is 19.3. The number of Topliss-reactive ketones (excluding diaryl/α,β-unsaturated/α-hetero) is 1. The van der Waals surface area contributed by atoms with Gasteiger partial charge in [0, 0.05) is 6.42 Å². The summed E-state index contributed by atoms with van der Waals surface area (Å²) in [6.45, 7) is 8.27. The third kappa shape index (κ3) is 5.42. The van der Waals surface area contributed by atoms with Crippen LogP contribution in [0.3, 0.4) is 0 Å². The molecule has 26 heavy (non-hydrogen) atoms. The number of esters is 2. The predicted octanol–water partition coefficient (Wildman–Crippen LogP) is 4.14. The zero-order valence-electron chi connectivity index (χ0n) is 16.6. The first-order valence-electron chi connectivity index (χ1n) is 9.78. The van der Waals surface area contributed by atoms with Crippen LogP contribution < -0.4 is 0 Å². The van der Waals surface area contributed by atoms with Crippen LogP contribution in [-0.2, 0) is 23.9 Å². The van der Waals surface area contributed by atoms with Crippen molar-refractivity contribution >= 4 is 17.7 Å². The molecule has 0 heterocycles. The van der Waals surface area contributed by atoms with Gasteiger partial charge in [-0.2, -0.15) is 0 Å². The Balaban J connectivity index is 1.74. The summed E-state index contributed by atoms with van der Waals surface area (Å²) >= 11 is 0. The van der Waals surface area contributed by atoms with Crippen molar-refractivity contribution in [2.24, 2.45) is 11.3 Å². The average Bonchev–Trinajstić information content (AvgIpc) is 2.62. The van der Waals surface area contributed by atoms with Gasteiger partial charge in [0.25, 0.3) is 0 Å². The largest absolute Gasteiger partial charge is 0.465 e. The summed E-state index contributed by atoms with van der Waals surface area (Å²) in [6.07, 6.45) is 5.58. The van der Waals surface area contributed by atoms with Gasteiger partial charge >= 0.3 is 11.9 Å². The second kappa shape index (κ2) is 8.83. The van der Waals surface area contributed by atoms with Crippen LogP contribution >= 0.6 is 0 Å². The summed E-state index contributed by atoms with van der Waals surface area (Å²) in [5.41, 5.74) is 1.54. The Hall–Kier alpha value is -1.65. The molecule has 5 heteroatoms. The van der Waals surface area contributed by atoms with Gasteiger partial charge in [-0.3, -0.25) is 14.4 Å². The van der Waals surface area contributed by atoms with Gasteiger partial charge in [0.1, 0.15) is 0 Å². The number of ether oxygens (including phenoxy) is 2. The molecule has 1 atom stereocenters. The highest BCUT2D eigenvalue weighted by atomic mass is 16.5. The van der Waals surface area contributed by atoms with Gasteiger partial charge in [0.05, 0.1) is 19.4 Å². The zero-order valence-corrected chi connectivity index (χ0v) is 16.6. The van der Waals surface area contributed by atoms with Crippen molar-refractivity contribution in [3.63, 3.8) is 0 Å². The van der Waals surface area contributed by atoms with E-state index in [2.05, 4.69) is 0 Å². The molecule has 0 saturated heterocycles. The van der Waals surface area contributed by atoms with E-state index >= 15 is 0 Å². The molecule has 0 aliphatic heterocycles. The molecule has 2 rings (SSSR count). The van der Waals surface area contributed by atoms with Crippen LogP contribution in [0.4, 0.5) is 0 Å². The van der Waals surface area contributed by atoms with Gasteiger partial charge in [0.2, 0.25) is 0 Å². The van der Waals surface area contributed by atoms with E-state index in [1.165, 1.54) is 19.3 Å². The van der Waals surface area contributed by atoms with Crippen LogP contribution in [0.2, 0.25) is 0 Å². The van der Waals surface area contributed by atoms with Gasteiger partial charge in [-0.25, -0.2) is 0 Å². The first-order chi connectivity index (χ1) is 12.2. The number of hydrogen-bond acceptors (Lipinski definition) is 5. The maximum Gasteiger partial charge on any atom is 0.307 e. The Bertz CT molecular complexity index is 581. The minimum absolute atomic E-state index is 0.00368.